The summed E-state index contributed by atoms with van der Waals surface area (Å²) in [6, 6.07) is 6.15. The highest BCUT2D eigenvalue weighted by Gasteiger charge is 2.29. The zero-order chi connectivity index (χ0) is 22.8. The number of hydrogen-bond acceptors (Lipinski definition) is 10. The number of ether oxygens (including phenoxy) is 1. The Morgan fingerprint density at radius 3 is 2.48 bits per heavy atom. The first-order valence-corrected chi connectivity index (χ1v) is 9.77. The summed E-state index contributed by atoms with van der Waals surface area (Å²) >= 11 is 0. The fourth-order valence-corrected chi connectivity index (χ4v) is 3.07. The lowest BCUT2D eigenvalue weighted by molar-refractivity contribution is -0.161. The Balaban J connectivity index is 1.86. The Morgan fingerprint density at radius 1 is 1.16 bits per heavy atom. The maximum Gasteiger partial charge on any atom is 0.324 e. The van der Waals surface area contributed by atoms with Crippen LogP contribution in [0.15, 0.2) is 30.5 Å². The molecule has 0 saturated carbocycles. The number of phenolic OH excluding ortho intramolecular Hbond substituents is 1. The van der Waals surface area contributed by atoms with Gasteiger partial charge in [0.15, 0.2) is 17.0 Å². The summed E-state index contributed by atoms with van der Waals surface area (Å²) in [5, 5.41) is 9.54. The van der Waals surface area contributed by atoms with Gasteiger partial charge in [0.05, 0.1) is 11.9 Å². The van der Waals surface area contributed by atoms with Crippen LogP contribution in [0.1, 0.15) is 32.0 Å². The van der Waals surface area contributed by atoms with Crippen molar-refractivity contribution < 1.29 is 14.6 Å². The van der Waals surface area contributed by atoms with E-state index in [1.807, 2.05) is 32.7 Å². The van der Waals surface area contributed by atoms with Crippen LogP contribution in [0.25, 0.3) is 11.2 Å². The van der Waals surface area contributed by atoms with Crippen LogP contribution in [-0.2, 0) is 22.5 Å². The maximum absolute atomic E-state index is 13.0. The lowest BCUT2D eigenvalue weighted by Crippen LogP contribution is -2.43. The van der Waals surface area contributed by atoms with Crippen molar-refractivity contribution in [2.75, 3.05) is 18.5 Å². The third-order valence-corrected chi connectivity index (χ3v) is 4.49. The number of aromatic nitrogens is 4. The molecular formula is C21H27N7O3. The van der Waals surface area contributed by atoms with Crippen molar-refractivity contribution >= 4 is 28.9 Å². The second-order valence-corrected chi connectivity index (χ2v) is 8.34. The number of phenols is 1. The molecule has 0 aliphatic heterocycles. The van der Waals surface area contributed by atoms with Crippen LogP contribution in [-0.4, -0.2) is 54.6 Å². The van der Waals surface area contributed by atoms with E-state index in [1.54, 1.807) is 30.5 Å². The number of rotatable bonds is 6. The molecule has 31 heavy (non-hydrogen) atoms. The summed E-state index contributed by atoms with van der Waals surface area (Å²) in [5.74, 6) is -0.0133. The smallest absolute Gasteiger partial charge is 0.324 e. The summed E-state index contributed by atoms with van der Waals surface area (Å²) in [6.07, 6.45) is 1.96. The summed E-state index contributed by atoms with van der Waals surface area (Å²) in [7, 11) is 1.81. The fraction of sp³-hybridized carbons (Fsp3) is 0.381. The fourth-order valence-electron chi connectivity index (χ4n) is 3.07. The van der Waals surface area contributed by atoms with E-state index in [9.17, 15) is 9.90 Å². The first-order valence-electron chi connectivity index (χ1n) is 9.77. The molecule has 1 unspecified atom stereocenters. The number of esters is 1. The quantitative estimate of drug-likeness (QED) is 0.497. The van der Waals surface area contributed by atoms with Crippen molar-refractivity contribution in [2.24, 2.45) is 0 Å². The van der Waals surface area contributed by atoms with Gasteiger partial charge in [-0.15, -0.1) is 0 Å². The number of anilines is 2. The van der Waals surface area contributed by atoms with Crippen molar-refractivity contribution in [2.45, 2.75) is 45.4 Å². The number of fused-ring (bicyclic) bond motifs is 1. The molecule has 0 bridgehead atoms. The highest BCUT2D eigenvalue weighted by Crippen LogP contribution is 2.19. The number of likely N-dealkylation sites (N-methyl/N-ethyl adjacent to an activating group) is 1. The molecule has 2 aromatic heterocycles. The van der Waals surface area contributed by atoms with Gasteiger partial charge < -0.3 is 21.3 Å². The number of nitrogen functional groups attached to an aromatic ring is 2. The molecule has 0 radical (unpaired) electrons. The third kappa shape index (κ3) is 5.76. The lowest BCUT2D eigenvalue weighted by Gasteiger charge is -2.29. The molecule has 3 rings (SSSR count). The minimum Gasteiger partial charge on any atom is -0.508 e. The maximum atomic E-state index is 13.0. The number of aromatic hydroxyl groups is 1. The van der Waals surface area contributed by atoms with Gasteiger partial charge in [-0.3, -0.25) is 9.69 Å². The first-order chi connectivity index (χ1) is 14.5. The number of nitrogens with zero attached hydrogens (tertiary/aromatic N) is 5. The number of hydrogen-bond donors (Lipinski definition) is 3. The van der Waals surface area contributed by atoms with Crippen LogP contribution < -0.4 is 11.5 Å². The van der Waals surface area contributed by atoms with Crippen LogP contribution >= 0.6 is 0 Å². The molecule has 1 atom stereocenters. The van der Waals surface area contributed by atoms with Crippen molar-refractivity contribution in [3.05, 3.63) is 41.7 Å². The van der Waals surface area contributed by atoms with Gasteiger partial charge in [-0.2, -0.15) is 9.97 Å². The molecule has 0 spiro atoms. The molecule has 10 heteroatoms. The molecule has 164 valence electrons. The van der Waals surface area contributed by atoms with Crippen LogP contribution in [0.2, 0.25) is 0 Å². The van der Waals surface area contributed by atoms with Crippen LogP contribution in [0.4, 0.5) is 11.8 Å². The minimum absolute atomic E-state index is 0.0306. The second kappa shape index (κ2) is 8.68. The van der Waals surface area contributed by atoms with Gasteiger partial charge in [0, 0.05) is 6.54 Å². The van der Waals surface area contributed by atoms with Gasteiger partial charge in [-0.25, -0.2) is 9.97 Å². The third-order valence-electron chi connectivity index (χ3n) is 4.49. The first kappa shape index (κ1) is 22.2. The van der Waals surface area contributed by atoms with Crippen molar-refractivity contribution in [3.8, 4) is 5.75 Å². The van der Waals surface area contributed by atoms with Gasteiger partial charge in [-0.1, -0.05) is 12.1 Å². The second-order valence-electron chi connectivity index (χ2n) is 8.34. The normalized spacial score (nSPS) is 12.8. The van der Waals surface area contributed by atoms with E-state index in [-0.39, 0.29) is 23.5 Å². The SMILES string of the molecule is CN(Cc1cnc2nc(N)nc(N)c2n1)C(Cc1ccc(O)cc1)C(=O)OC(C)(C)C. The van der Waals surface area contributed by atoms with E-state index in [2.05, 4.69) is 19.9 Å². The average molecular weight is 425 g/mol. The average Bonchev–Trinajstić information content (AvgIpc) is 2.66. The molecule has 0 saturated heterocycles. The molecular weight excluding hydrogens is 398 g/mol. The zero-order valence-electron chi connectivity index (χ0n) is 18.0. The summed E-state index contributed by atoms with van der Waals surface area (Å²) in [4.78, 5) is 31.5. The highest BCUT2D eigenvalue weighted by atomic mass is 16.6. The molecule has 0 aliphatic carbocycles. The molecule has 1 aromatic carbocycles. The highest BCUT2D eigenvalue weighted by molar-refractivity contribution is 5.81. The predicted octanol–water partition coefficient (Wildman–Crippen LogP) is 1.67. The molecule has 0 fully saturated rings. The molecule has 0 aliphatic rings. The van der Waals surface area contributed by atoms with E-state index in [4.69, 9.17) is 16.2 Å². The monoisotopic (exact) mass is 425 g/mol. The van der Waals surface area contributed by atoms with E-state index < -0.39 is 11.6 Å². The lowest BCUT2D eigenvalue weighted by atomic mass is 10.0. The van der Waals surface area contributed by atoms with Crippen LogP contribution in [0.3, 0.4) is 0 Å². The Labute approximate surface area is 180 Å². The van der Waals surface area contributed by atoms with Crippen molar-refractivity contribution in [3.63, 3.8) is 0 Å². The molecule has 5 N–H and O–H groups in total. The number of benzene rings is 1. The Kier molecular flexibility index (Phi) is 6.21. The van der Waals surface area contributed by atoms with Crippen molar-refractivity contribution in [1.29, 1.82) is 0 Å². The van der Waals surface area contributed by atoms with Gasteiger partial charge in [0.2, 0.25) is 5.95 Å². The van der Waals surface area contributed by atoms with Gasteiger partial charge >= 0.3 is 5.97 Å². The van der Waals surface area contributed by atoms with Crippen molar-refractivity contribution in [1.82, 2.24) is 24.8 Å². The molecule has 10 nitrogen and oxygen atoms in total. The van der Waals surface area contributed by atoms with E-state index in [0.717, 1.165) is 5.56 Å². The van der Waals surface area contributed by atoms with Crippen LogP contribution in [0, 0.1) is 0 Å². The molecule has 3 aromatic rings. The largest absolute Gasteiger partial charge is 0.508 e. The summed E-state index contributed by atoms with van der Waals surface area (Å²) in [6.45, 7) is 5.79. The van der Waals surface area contributed by atoms with E-state index in [0.29, 0.717) is 29.8 Å². The number of nitrogens with two attached hydrogens (primary N) is 2. The Bertz CT molecular complexity index is 1080. The topological polar surface area (TPSA) is 153 Å². The molecule has 2 heterocycles. The van der Waals surface area contributed by atoms with Gasteiger partial charge in [-0.05, 0) is 51.9 Å². The van der Waals surface area contributed by atoms with E-state index in [1.165, 1.54) is 0 Å². The van der Waals surface area contributed by atoms with Gasteiger partial charge in [0.1, 0.15) is 17.4 Å². The van der Waals surface area contributed by atoms with Crippen LogP contribution in [0.5, 0.6) is 5.75 Å². The number of carbonyl (C=O) groups is 1. The van der Waals surface area contributed by atoms with E-state index >= 15 is 0 Å². The molecule has 0 amide bonds. The Hall–Kier alpha value is -3.53. The summed E-state index contributed by atoms with van der Waals surface area (Å²) < 4.78 is 5.64. The standard InChI is InChI=1S/C21H27N7O3/c1-21(2,3)31-19(30)15(9-12-5-7-14(29)8-6-12)28(4)11-13-10-24-18-16(25-13)17(22)26-20(23)27-18/h5-8,10,15,29H,9,11H2,1-4H3,(H4,22,23,24,26,27). The predicted molar refractivity (Wildman–Crippen MR) is 117 cm³/mol. The van der Waals surface area contributed by atoms with Gasteiger partial charge in [0.25, 0.3) is 0 Å². The Morgan fingerprint density at radius 2 is 1.84 bits per heavy atom. The number of carbonyl (C=O) groups excluding carboxylic acids is 1. The minimum atomic E-state index is -0.625. The zero-order valence-corrected chi connectivity index (χ0v) is 18.0. The summed E-state index contributed by atoms with van der Waals surface area (Å²) in [5.41, 5.74) is 13.0.